The smallest absolute Gasteiger partial charge is 0.437 e. The number of hydrogen-bond donors (Lipinski definition) is 0. The summed E-state index contributed by atoms with van der Waals surface area (Å²) in [5.74, 6) is -2.19. The average Bonchev–Trinajstić information content (AvgIpc) is 3.00. The van der Waals surface area contributed by atoms with Gasteiger partial charge in [-0.05, 0) is 145 Å². The molecule has 6 rings (SSSR count). The normalized spacial score (nSPS) is 24.7. The minimum absolute atomic E-state index is 0.000954. The Bertz CT molecular complexity index is 1780. The van der Waals surface area contributed by atoms with Crippen molar-refractivity contribution in [3.63, 3.8) is 0 Å². The standard InChI is InChI=1S/C41H56IN3O12/c1-37(2,3)54-33(48)43-32(45(35(50)56-39(7,8)9)36(51)57-40(10,11)12)44(34(49)55-38(4,5)6)22-23-14-13-15-28(21-23)42-29-30(46)52-41(53-31(29)47)26-17-24-16-25(19-26)20-27(41)18-24/h13-15,21,24-27H,16-20,22H2,1-12H3. The molecule has 16 heteroatoms. The maximum absolute atomic E-state index is 14.2. The van der Waals surface area contributed by atoms with Crippen LogP contribution in [-0.4, -0.2) is 83.8 Å². The third-order valence-corrected chi connectivity index (χ3v) is 12.1. The van der Waals surface area contributed by atoms with Crippen LogP contribution < -0.4 is 0 Å². The van der Waals surface area contributed by atoms with E-state index in [-0.39, 0.29) is 15.3 Å². The first-order chi connectivity index (χ1) is 26.1. The van der Waals surface area contributed by atoms with E-state index in [9.17, 15) is 28.8 Å². The molecular formula is C41H56IN3O12. The second kappa shape index (κ2) is 15.9. The summed E-state index contributed by atoms with van der Waals surface area (Å²) in [6.45, 7) is 18.6. The predicted octanol–water partition coefficient (Wildman–Crippen LogP) is 8.45. The van der Waals surface area contributed by atoms with Crippen LogP contribution in [0.2, 0.25) is 0 Å². The van der Waals surface area contributed by atoms with E-state index in [4.69, 9.17) is 28.4 Å². The highest BCUT2D eigenvalue weighted by Crippen LogP contribution is 2.60. The number of imide groups is 1. The zero-order chi connectivity index (χ0) is 42.5. The van der Waals surface area contributed by atoms with Crippen molar-refractivity contribution in [1.29, 1.82) is 0 Å². The van der Waals surface area contributed by atoms with Crippen LogP contribution >= 0.6 is 20.7 Å². The Labute approximate surface area is 344 Å². The molecule has 0 radical (unpaired) electrons. The zero-order valence-electron chi connectivity index (χ0n) is 35.0. The van der Waals surface area contributed by atoms with Crippen LogP contribution in [0.1, 0.15) is 121 Å². The lowest BCUT2D eigenvalue weighted by Gasteiger charge is -2.59. The molecule has 57 heavy (non-hydrogen) atoms. The third-order valence-electron chi connectivity index (χ3n) is 9.36. The number of benzene rings is 1. The first kappa shape index (κ1) is 44.0. The van der Waals surface area contributed by atoms with Crippen molar-refractivity contribution in [2.45, 2.75) is 150 Å². The zero-order valence-corrected chi connectivity index (χ0v) is 37.1. The summed E-state index contributed by atoms with van der Waals surface area (Å²) >= 11 is -1.45. The van der Waals surface area contributed by atoms with Crippen molar-refractivity contribution >= 4 is 66.5 Å². The van der Waals surface area contributed by atoms with E-state index in [1.54, 1.807) is 107 Å². The molecule has 4 saturated carbocycles. The monoisotopic (exact) mass is 909 g/mol. The molecule has 4 bridgehead atoms. The first-order valence-electron chi connectivity index (χ1n) is 19.3. The summed E-state index contributed by atoms with van der Waals surface area (Å²) in [6.07, 6.45) is -0.199. The van der Waals surface area contributed by atoms with E-state index in [1.165, 1.54) is 6.42 Å². The Kier molecular flexibility index (Phi) is 12.3. The van der Waals surface area contributed by atoms with E-state index in [0.29, 0.717) is 25.9 Å². The molecule has 314 valence electrons. The summed E-state index contributed by atoms with van der Waals surface area (Å²) in [7, 11) is 0. The van der Waals surface area contributed by atoms with E-state index in [1.807, 2.05) is 0 Å². The van der Waals surface area contributed by atoms with Gasteiger partial charge in [-0.15, -0.1) is 9.89 Å². The summed E-state index contributed by atoms with van der Waals surface area (Å²) in [6, 6.07) is 6.72. The fraction of sp³-hybridized carbons (Fsp3) is 0.659. The number of ether oxygens (including phenoxy) is 6. The fourth-order valence-corrected chi connectivity index (χ4v) is 9.93. The molecule has 0 unspecified atom stereocenters. The Morgan fingerprint density at radius 3 is 1.61 bits per heavy atom. The first-order valence-corrected chi connectivity index (χ1v) is 21.4. The molecule has 1 spiro atoms. The molecular weight excluding hydrogens is 853 g/mol. The lowest BCUT2D eigenvalue weighted by Crippen LogP contribution is -2.65. The van der Waals surface area contributed by atoms with Crippen LogP contribution in [0, 0.1) is 27.2 Å². The minimum Gasteiger partial charge on any atom is -0.443 e. The predicted molar refractivity (Wildman–Crippen MR) is 216 cm³/mol. The molecule has 0 atom stereocenters. The summed E-state index contributed by atoms with van der Waals surface area (Å²) in [5.41, 5.74) is -4.03. The second-order valence-electron chi connectivity index (χ2n) is 19.1. The lowest BCUT2D eigenvalue weighted by atomic mass is 9.53. The van der Waals surface area contributed by atoms with Crippen molar-refractivity contribution in [3.8, 4) is 0 Å². The van der Waals surface area contributed by atoms with Crippen LogP contribution in [0.5, 0.6) is 0 Å². The molecule has 5 fully saturated rings. The Morgan fingerprint density at radius 1 is 0.702 bits per heavy atom. The van der Waals surface area contributed by atoms with Gasteiger partial charge in [-0.25, -0.2) is 33.7 Å². The van der Waals surface area contributed by atoms with Crippen molar-refractivity contribution < 1.29 is 57.2 Å². The second-order valence-corrected chi connectivity index (χ2v) is 22.0. The van der Waals surface area contributed by atoms with Gasteiger partial charge in [0.1, 0.15) is 22.4 Å². The van der Waals surface area contributed by atoms with Crippen LogP contribution in [0.15, 0.2) is 29.3 Å². The van der Waals surface area contributed by atoms with E-state index in [2.05, 4.69) is 4.99 Å². The number of halogens is 1. The molecule has 4 amide bonds. The molecule has 4 aliphatic carbocycles. The number of carbonyl (C=O) groups is 6. The van der Waals surface area contributed by atoms with Crippen molar-refractivity contribution in [2.75, 3.05) is 0 Å². The number of rotatable bonds is 3. The molecule has 15 nitrogen and oxygen atoms in total. The summed E-state index contributed by atoms with van der Waals surface area (Å²) < 4.78 is 35.1. The van der Waals surface area contributed by atoms with Gasteiger partial charge in [-0.3, -0.25) is 0 Å². The van der Waals surface area contributed by atoms with Gasteiger partial charge in [0.15, 0.2) is 3.51 Å². The highest BCUT2D eigenvalue weighted by molar-refractivity contribution is 14.2. The van der Waals surface area contributed by atoms with E-state index < -0.39 is 97.7 Å². The molecule has 1 aromatic carbocycles. The van der Waals surface area contributed by atoms with Crippen LogP contribution in [0.25, 0.3) is 0 Å². The van der Waals surface area contributed by atoms with Crippen molar-refractivity contribution in [1.82, 2.24) is 9.80 Å². The minimum atomic E-state index is -1.45. The van der Waals surface area contributed by atoms with Gasteiger partial charge in [-0.1, -0.05) is 32.9 Å². The highest BCUT2D eigenvalue weighted by Gasteiger charge is 2.64. The maximum atomic E-state index is 14.2. The topological polar surface area (TPSA) is 177 Å². The van der Waals surface area contributed by atoms with E-state index >= 15 is 0 Å². The van der Waals surface area contributed by atoms with Crippen LogP contribution in [-0.2, 0) is 44.6 Å². The van der Waals surface area contributed by atoms with Gasteiger partial charge < -0.3 is 28.4 Å². The molecule has 0 aromatic heterocycles. The third kappa shape index (κ3) is 11.1. The average molecular weight is 910 g/mol. The summed E-state index contributed by atoms with van der Waals surface area (Å²) in [5, 5.41) is 0. The molecule has 1 heterocycles. The maximum Gasteiger partial charge on any atom is 0.437 e. The number of hydrogen-bond acceptors (Lipinski definition) is 12. The molecule has 0 N–H and O–H groups in total. The molecule has 1 saturated heterocycles. The quantitative estimate of drug-likeness (QED) is 0.0931. The van der Waals surface area contributed by atoms with Gasteiger partial charge >= 0.3 is 36.3 Å². The van der Waals surface area contributed by atoms with Gasteiger partial charge in [0.05, 0.1) is 6.54 Å². The Morgan fingerprint density at radius 2 is 1.16 bits per heavy atom. The number of nitrogens with zero attached hydrogens (tertiary/aromatic N) is 3. The SMILES string of the molecule is CC(C)(C)OC(=O)N=C(N(Cc1cccc(I=C2C(=O)OC3(OC2=O)C2CC4CC(C2)CC3C4)c1)C(=O)OC(C)(C)C)N(C(=O)OC(C)(C)C)C(=O)OC(C)(C)C. The van der Waals surface area contributed by atoms with Crippen LogP contribution in [0.3, 0.4) is 0 Å². The molecule has 1 aromatic rings. The Balaban J connectivity index is 1.54. The number of esters is 2. The van der Waals surface area contributed by atoms with Gasteiger partial charge in [0, 0.05) is 15.4 Å². The van der Waals surface area contributed by atoms with Crippen molar-refractivity contribution in [2.24, 2.45) is 28.7 Å². The molecule has 1 aliphatic heterocycles. The Hall–Kier alpha value is -4.09. The van der Waals surface area contributed by atoms with Crippen LogP contribution in [0.4, 0.5) is 19.2 Å². The van der Waals surface area contributed by atoms with Gasteiger partial charge in [0.25, 0.3) is 5.79 Å². The number of aliphatic imine (C=N–C) groups is 1. The highest BCUT2D eigenvalue weighted by atomic mass is 127. The number of amides is 4. The van der Waals surface area contributed by atoms with E-state index in [0.717, 1.165) is 30.6 Å². The van der Waals surface area contributed by atoms with Gasteiger partial charge in [0.2, 0.25) is 5.96 Å². The van der Waals surface area contributed by atoms with Gasteiger partial charge in [-0.2, -0.15) is 0 Å². The number of guanidine groups is 1. The lowest BCUT2D eigenvalue weighted by molar-refractivity contribution is -0.308. The van der Waals surface area contributed by atoms with Crippen molar-refractivity contribution in [3.05, 3.63) is 33.4 Å². The molecule has 5 aliphatic rings. The fourth-order valence-electron chi connectivity index (χ4n) is 7.71. The largest absolute Gasteiger partial charge is 0.443 e. The summed E-state index contributed by atoms with van der Waals surface area (Å²) in [4.78, 5) is 87.8. The number of carbonyl (C=O) groups excluding carboxylic acids is 6.